The number of amides is 1. The van der Waals surface area contributed by atoms with Crippen LogP contribution in [0, 0.1) is 5.92 Å². The summed E-state index contributed by atoms with van der Waals surface area (Å²) >= 11 is 0. The van der Waals surface area contributed by atoms with Gasteiger partial charge in [-0.3, -0.25) is 4.79 Å². The topological polar surface area (TPSA) is 72.1 Å². The SMILES string of the molecule is NC(=O)C1CCCN(c2ncccn2)C1. The molecule has 5 heteroatoms. The Hall–Kier alpha value is -1.65. The van der Waals surface area contributed by atoms with Gasteiger partial charge in [0.15, 0.2) is 0 Å². The minimum Gasteiger partial charge on any atom is -0.369 e. The fourth-order valence-corrected chi connectivity index (χ4v) is 1.85. The molecule has 15 heavy (non-hydrogen) atoms. The summed E-state index contributed by atoms with van der Waals surface area (Å²) in [4.78, 5) is 21.4. The van der Waals surface area contributed by atoms with Crippen molar-refractivity contribution in [2.75, 3.05) is 18.0 Å². The zero-order valence-electron chi connectivity index (χ0n) is 8.47. The van der Waals surface area contributed by atoms with Crippen LogP contribution in [-0.4, -0.2) is 29.0 Å². The van der Waals surface area contributed by atoms with Crippen molar-refractivity contribution in [2.45, 2.75) is 12.8 Å². The van der Waals surface area contributed by atoms with Gasteiger partial charge in [-0.1, -0.05) is 0 Å². The number of rotatable bonds is 2. The molecule has 2 heterocycles. The quantitative estimate of drug-likeness (QED) is 0.749. The van der Waals surface area contributed by atoms with Crippen LogP contribution in [0.4, 0.5) is 5.95 Å². The van der Waals surface area contributed by atoms with E-state index in [4.69, 9.17) is 5.73 Å². The summed E-state index contributed by atoms with van der Waals surface area (Å²) in [5.74, 6) is 0.390. The van der Waals surface area contributed by atoms with E-state index >= 15 is 0 Å². The molecule has 0 radical (unpaired) electrons. The number of hydrogen-bond donors (Lipinski definition) is 1. The lowest BCUT2D eigenvalue weighted by atomic mass is 9.98. The largest absolute Gasteiger partial charge is 0.369 e. The maximum absolute atomic E-state index is 11.1. The smallest absolute Gasteiger partial charge is 0.225 e. The van der Waals surface area contributed by atoms with E-state index in [9.17, 15) is 4.79 Å². The van der Waals surface area contributed by atoms with Gasteiger partial charge < -0.3 is 10.6 Å². The summed E-state index contributed by atoms with van der Waals surface area (Å²) in [6.45, 7) is 1.53. The Labute approximate surface area is 88.3 Å². The first-order valence-corrected chi connectivity index (χ1v) is 5.08. The average molecular weight is 206 g/mol. The summed E-state index contributed by atoms with van der Waals surface area (Å²) in [6.07, 6.45) is 5.25. The first-order valence-electron chi connectivity index (χ1n) is 5.08. The normalized spacial score (nSPS) is 21.3. The van der Waals surface area contributed by atoms with E-state index in [1.54, 1.807) is 18.5 Å². The average Bonchev–Trinajstić information content (AvgIpc) is 2.30. The second-order valence-electron chi connectivity index (χ2n) is 3.74. The van der Waals surface area contributed by atoms with Gasteiger partial charge in [-0.15, -0.1) is 0 Å². The lowest BCUT2D eigenvalue weighted by Crippen LogP contribution is -2.41. The monoisotopic (exact) mass is 206 g/mol. The zero-order valence-corrected chi connectivity index (χ0v) is 8.47. The lowest BCUT2D eigenvalue weighted by Gasteiger charge is -2.30. The Balaban J connectivity index is 2.08. The van der Waals surface area contributed by atoms with Gasteiger partial charge in [-0.25, -0.2) is 9.97 Å². The van der Waals surface area contributed by atoms with E-state index in [2.05, 4.69) is 9.97 Å². The Morgan fingerprint density at radius 1 is 1.47 bits per heavy atom. The molecule has 1 aliphatic heterocycles. The molecule has 0 saturated carbocycles. The molecular weight excluding hydrogens is 192 g/mol. The highest BCUT2D eigenvalue weighted by molar-refractivity contribution is 5.77. The lowest BCUT2D eigenvalue weighted by molar-refractivity contribution is -0.122. The van der Waals surface area contributed by atoms with E-state index in [1.165, 1.54) is 0 Å². The Morgan fingerprint density at radius 3 is 2.87 bits per heavy atom. The third kappa shape index (κ3) is 2.23. The summed E-state index contributed by atoms with van der Waals surface area (Å²) < 4.78 is 0. The molecule has 1 amide bonds. The number of nitrogens with zero attached hydrogens (tertiary/aromatic N) is 3. The number of carbonyl (C=O) groups is 1. The second kappa shape index (κ2) is 4.25. The van der Waals surface area contributed by atoms with Crippen LogP contribution in [-0.2, 0) is 4.79 Å². The van der Waals surface area contributed by atoms with Gasteiger partial charge in [0.05, 0.1) is 5.92 Å². The molecule has 80 valence electrons. The van der Waals surface area contributed by atoms with Gasteiger partial charge in [-0.2, -0.15) is 0 Å². The molecule has 2 rings (SSSR count). The van der Waals surface area contributed by atoms with E-state index in [-0.39, 0.29) is 11.8 Å². The number of nitrogens with two attached hydrogens (primary N) is 1. The van der Waals surface area contributed by atoms with Crippen LogP contribution in [0.2, 0.25) is 0 Å². The van der Waals surface area contributed by atoms with Crippen molar-refractivity contribution in [1.82, 2.24) is 9.97 Å². The maximum Gasteiger partial charge on any atom is 0.225 e. The fourth-order valence-electron chi connectivity index (χ4n) is 1.85. The number of carbonyl (C=O) groups excluding carboxylic acids is 1. The summed E-state index contributed by atoms with van der Waals surface area (Å²) in [5.41, 5.74) is 5.30. The van der Waals surface area contributed by atoms with Crippen LogP contribution in [0.25, 0.3) is 0 Å². The van der Waals surface area contributed by atoms with Crippen molar-refractivity contribution in [3.05, 3.63) is 18.5 Å². The van der Waals surface area contributed by atoms with Gasteiger partial charge in [0.2, 0.25) is 11.9 Å². The highest BCUT2D eigenvalue weighted by Crippen LogP contribution is 2.19. The minimum atomic E-state index is -0.226. The molecular formula is C10H14N4O. The number of hydrogen-bond acceptors (Lipinski definition) is 4. The van der Waals surface area contributed by atoms with Crippen LogP contribution in [0.3, 0.4) is 0 Å². The minimum absolute atomic E-state index is 0.0671. The summed E-state index contributed by atoms with van der Waals surface area (Å²) in [7, 11) is 0. The third-order valence-electron chi connectivity index (χ3n) is 2.66. The molecule has 1 aromatic heterocycles. The Kier molecular flexibility index (Phi) is 2.80. The highest BCUT2D eigenvalue weighted by atomic mass is 16.1. The summed E-state index contributed by atoms with van der Waals surface area (Å²) in [5, 5.41) is 0. The van der Waals surface area contributed by atoms with Gasteiger partial charge in [-0.05, 0) is 18.9 Å². The van der Waals surface area contributed by atoms with Crippen molar-refractivity contribution < 1.29 is 4.79 Å². The van der Waals surface area contributed by atoms with E-state index < -0.39 is 0 Å². The van der Waals surface area contributed by atoms with Crippen molar-refractivity contribution >= 4 is 11.9 Å². The van der Waals surface area contributed by atoms with E-state index in [1.807, 2.05) is 4.90 Å². The first-order chi connectivity index (χ1) is 7.27. The third-order valence-corrected chi connectivity index (χ3v) is 2.66. The molecule has 0 bridgehead atoms. The van der Waals surface area contributed by atoms with Crippen molar-refractivity contribution in [1.29, 1.82) is 0 Å². The van der Waals surface area contributed by atoms with E-state index in [0.717, 1.165) is 19.4 Å². The molecule has 0 aromatic carbocycles. The number of primary amides is 1. The second-order valence-corrected chi connectivity index (χ2v) is 3.74. The molecule has 2 N–H and O–H groups in total. The van der Waals surface area contributed by atoms with Gasteiger partial charge >= 0.3 is 0 Å². The van der Waals surface area contributed by atoms with Gasteiger partial charge in [0, 0.05) is 25.5 Å². The van der Waals surface area contributed by atoms with Gasteiger partial charge in [0.1, 0.15) is 0 Å². The van der Waals surface area contributed by atoms with Crippen LogP contribution in [0.1, 0.15) is 12.8 Å². The fraction of sp³-hybridized carbons (Fsp3) is 0.500. The van der Waals surface area contributed by atoms with Crippen molar-refractivity contribution in [3.63, 3.8) is 0 Å². The molecule has 1 fully saturated rings. The molecule has 1 aliphatic rings. The van der Waals surface area contributed by atoms with Crippen LogP contribution < -0.4 is 10.6 Å². The summed E-state index contributed by atoms with van der Waals surface area (Å²) in [6, 6.07) is 1.78. The molecule has 0 spiro atoms. The predicted molar refractivity (Wildman–Crippen MR) is 56.2 cm³/mol. The Morgan fingerprint density at radius 2 is 2.20 bits per heavy atom. The first kappa shape index (κ1) is 9.89. The zero-order chi connectivity index (χ0) is 10.7. The number of piperidine rings is 1. The van der Waals surface area contributed by atoms with E-state index in [0.29, 0.717) is 12.5 Å². The molecule has 1 unspecified atom stereocenters. The van der Waals surface area contributed by atoms with Crippen LogP contribution >= 0.6 is 0 Å². The standard InChI is InChI=1S/C10H14N4O/c11-9(15)8-3-1-6-14(7-8)10-12-4-2-5-13-10/h2,4-5,8H,1,3,6-7H2,(H2,11,15). The number of anilines is 1. The highest BCUT2D eigenvalue weighted by Gasteiger charge is 2.24. The van der Waals surface area contributed by atoms with Crippen molar-refractivity contribution in [3.8, 4) is 0 Å². The predicted octanol–water partition coefficient (Wildman–Crippen LogP) is 0.178. The molecule has 1 saturated heterocycles. The molecule has 1 aromatic rings. The molecule has 1 atom stereocenters. The van der Waals surface area contributed by atoms with Gasteiger partial charge in [0.25, 0.3) is 0 Å². The van der Waals surface area contributed by atoms with Crippen LogP contribution in [0.15, 0.2) is 18.5 Å². The number of aromatic nitrogens is 2. The Bertz CT molecular complexity index is 341. The van der Waals surface area contributed by atoms with Crippen LogP contribution in [0.5, 0.6) is 0 Å². The molecule has 0 aliphatic carbocycles. The maximum atomic E-state index is 11.1. The molecule has 5 nitrogen and oxygen atoms in total. The van der Waals surface area contributed by atoms with Crippen molar-refractivity contribution in [2.24, 2.45) is 11.7 Å².